The molecule has 0 aromatic carbocycles. The second-order valence-electron chi connectivity index (χ2n) is 3.57. The minimum atomic E-state index is 0.243. The number of thiocarbonyl (C=S) groups is 1. The van der Waals surface area contributed by atoms with Crippen molar-refractivity contribution in [1.29, 1.82) is 0 Å². The third kappa shape index (κ3) is 7.53. The summed E-state index contributed by atoms with van der Waals surface area (Å²) < 4.78 is 10.0. The van der Waals surface area contributed by atoms with Crippen molar-refractivity contribution in [3.8, 4) is 0 Å². The van der Waals surface area contributed by atoms with E-state index in [9.17, 15) is 0 Å². The normalized spacial score (nSPS) is 12.3. The molecule has 15 heavy (non-hydrogen) atoms. The van der Waals surface area contributed by atoms with E-state index >= 15 is 0 Å². The fourth-order valence-electron chi connectivity index (χ4n) is 1.16. The van der Waals surface area contributed by atoms with E-state index in [1.807, 2.05) is 18.9 Å². The Balaban J connectivity index is 3.68. The van der Waals surface area contributed by atoms with Crippen molar-refractivity contribution in [2.45, 2.75) is 19.4 Å². The molecule has 0 aromatic heterocycles. The van der Waals surface area contributed by atoms with E-state index in [0.29, 0.717) is 6.61 Å². The van der Waals surface area contributed by atoms with Gasteiger partial charge < -0.3 is 19.7 Å². The van der Waals surface area contributed by atoms with Crippen LogP contribution in [0, 0.1) is 0 Å². The van der Waals surface area contributed by atoms with E-state index in [0.717, 1.165) is 24.7 Å². The Morgan fingerprint density at radius 1 is 1.40 bits per heavy atom. The summed E-state index contributed by atoms with van der Waals surface area (Å²) in [6.07, 6.45) is 0.980. The molecule has 0 saturated carbocycles. The Morgan fingerprint density at radius 2 is 2.07 bits per heavy atom. The zero-order valence-corrected chi connectivity index (χ0v) is 10.9. The summed E-state index contributed by atoms with van der Waals surface area (Å²) in [6.45, 7) is 4.37. The van der Waals surface area contributed by atoms with Gasteiger partial charge in [0.1, 0.15) is 0 Å². The van der Waals surface area contributed by atoms with Crippen molar-refractivity contribution in [3.05, 3.63) is 0 Å². The van der Waals surface area contributed by atoms with Gasteiger partial charge in [-0.05, 0) is 25.6 Å². The summed E-state index contributed by atoms with van der Waals surface area (Å²) in [4.78, 5) is 2.01. The molecule has 0 aliphatic heterocycles. The first-order valence-electron chi connectivity index (χ1n) is 5.11. The van der Waals surface area contributed by atoms with Crippen molar-refractivity contribution >= 4 is 17.3 Å². The predicted molar refractivity (Wildman–Crippen MR) is 66.2 cm³/mol. The van der Waals surface area contributed by atoms with Crippen LogP contribution in [0.2, 0.25) is 0 Å². The van der Waals surface area contributed by atoms with Crippen LogP contribution in [0.4, 0.5) is 0 Å². The number of nitrogens with zero attached hydrogens (tertiary/aromatic N) is 1. The van der Waals surface area contributed by atoms with E-state index < -0.39 is 0 Å². The topological polar surface area (TPSA) is 33.7 Å². The van der Waals surface area contributed by atoms with Crippen LogP contribution in [0.15, 0.2) is 0 Å². The summed E-state index contributed by atoms with van der Waals surface area (Å²) >= 11 is 5.24. The molecule has 1 N–H and O–H groups in total. The molecule has 1 unspecified atom stereocenters. The SMILES string of the molecule is COCCCN(C)C(=S)NC(C)COC. The van der Waals surface area contributed by atoms with Gasteiger partial charge in [-0.15, -0.1) is 0 Å². The van der Waals surface area contributed by atoms with E-state index in [1.165, 1.54) is 0 Å². The van der Waals surface area contributed by atoms with Crippen LogP contribution in [0.3, 0.4) is 0 Å². The van der Waals surface area contributed by atoms with Gasteiger partial charge in [-0.3, -0.25) is 0 Å². The minimum absolute atomic E-state index is 0.243. The first-order chi connectivity index (χ1) is 7.11. The summed E-state index contributed by atoms with van der Waals surface area (Å²) in [5, 5.41) is 3.96. The number of rotatable bonds is 7. The second-order valence-corrected chi connectivity index (χ2v) is 3.96. The standard InChI is InChI=1S/C10H22N2O2S/c1-9(8-14-4)11-10(15)12(2)6-5-7-13-3/h9H,5-8H2,1-4H3,(H,11,15). The van der Waals surface area contributed by atoms with Crippen molar-refractivity contribution in [2.75, 3.05) is 41.0 Å². The number of methoxy groups -OCH3 is 2. The van der Waals surface area contributed by atoms with Gasteiger partial charge in [-0.1, -0.05) is 0 Å². The Hall–Kier alpha value is -0.390. The maximum atomic E-state index is 5.24. The number of ether oxygens (including phenoxy) is 2. The van der Waals surface area contributed by atoms with Gasteiger partial charge in [-0.2, -0.15) is 0 Å². The smallest absolute Gasteiger partial charge is 0.168 e. The fraction of sp³-hybridized carbons (Fsp3) is 0.900. The molecule has 0 radical (unpaired) electrons. The molecule has 1 atom stereocenters. The summed E-state index contributed by atoms with van der Waals surface area (Å²) in [5.74, 6) is 0. The van der Waals surface area contributed by atoms with Crippen LogP contribution >= 0.6 is 12.2 Å². The molecular weight excluding hydrogens is 212 g/mol. The Labute approximate surface area is 97.9 Å². The molecule has 5 heteroatoms. The Morgan fingerprint density at radius 3 is 2.60 bits per heavy atom. The molecule has 0 spiro atoms. The van der Waals surface area contributed by atoms with Gasteiger partial charge in [0.25, 0.3) is 0 Å². The fourth-order valence-corrected chi connectivity index (χ4v) is 1.45. The van der Waals surface area contributed by atoms with E-state index in [-0.39, 0.29) is 6.04 Å². The lowest BCUT2D eigenvalue weighted by Crippen LogP contribution is -2.43. The molecular formula is C10H22N2O2S. The monoisotopic (exact) mass is 234 g/mol. The molecule has 0 amide bonds. The van der Waals surface area contributed by atoms with E-state index in [2.05, 4.69) is 5.32 Å². The molecule has 90 valence electrons. The van der Waals surface area contributed by atoms with Crippen LogP contribution in [0.1, 0.15) is 13.3 Å². The number of nitrogens with one attached hydrogen (secondary N) is 1. The third-order valence-electron chi connectivity index (χ3n) is 1.98. The molecule has 4 nitrogen and oxygen atoms in total. The first-order valence-corrected chi connectivity index (χ1v) is 5.52. The van der Waals surface area contributed by atoms with Gasteiger partial charge >= 0.3 is 0 Å². The molecule has 0 aliphatic carbocycles. The quantitative estimate of drug-likeness (QED) is 0.522. The van der Waals surface area contributed by atoms with Gasteiger partial charge in [0.15, 0.2) is 5.11 Å². The molecule has 0 rings (SSSR count). The van der Waals surface area contributed by atoms with Gasteiger partial charge in [0.2, 0.25) is 0 Å². The number of hydrogen-bond acceptors (Lipinski definition) is 3. The summed E-state index contributed by atoms with van der Waals surface area (Å²) in [5.41, 5.74) is 0. The van der Waals surface area contributed by atoms with Gasteiger partial charge in [-0.25, -0.2) is 0 Å². The lowest BCUT2D eigenvalue weighted by atomic mass is 10.3. The minimum Gasteiger partial charge on any atom is -0.385 e. The molecule has 0 aromatic rings. The summed E-state index contributed by atoms with van der Waals surface area (Å²) in [7, 11) is 5.37. The van der Waals surface area contributed by atoms with Crippen molar-refractivity contribution < 1.29 is 9.47 Å². The highest BCUT2D eigenvalue weighted by Gasteiger charge is 2.07. The highest BCUT2D eigenvalue weighted by molar-refractivity contribution is 7.80. The van der Waals surface area contributed by atoms with Gasteiger partial charge in [0, 0.05) is 40.5 Å². The van der Waals surface area contributed by atoms with Crippen LogP contribution in [-0.4, -0.2) is 57.1 Å². The largest absolute Gasteiger partial charge is 0.385 e. The third-order valence-corrected chi connectivity index (χ3v) is 2.40. The maximum absolute atomic E-state index is 5.24. The molecule has 0 heterocycles. The lowest BCUT2D eigenvalue weighted by Gasteiger charge is -2.23. The van der Waals surface area contributed by atoms with Crippen LogP contribution in [0.25, 0.3) is 0 Å². The maximum Gasteiger partial charge on any atom is 0.168 e. The van der Waals surface area contributed by atoms with Crippen LogP contribution in [-0.2, 0) is 9.47 Å². The average Bonchev–Trinajstić information content (AvgIpc) is 2.18. The van der Waals surface area contributed by atoms with Crippen molar-refractivity contribution in [3.63, 3.8) is 0 Å². The average molecular weight is 234 g/mol. The van der Waals surface area contributed by atoms with E-state index in [4.69, 9.17) is 21.7 Å². The van der Waals surface area contributed by atoms with Crippen molar-refractivity contribution in [2.24, 2.45) is 0 Å². The second kappa shape index (κ2) is 8.88. The molecule has 0 saturated heterocycles. The Kier molecular flexibility index (Phi) is 8.65. The zero-order valence-electron chi connectivity index (χ0n) is 10.1. The predicted octanol–water partition coefficient (Wildman–Crippen LogP) is 0.864. The number of hydrogen-bond donors (Lipinski definition) is 1. The first kappa shape index (κ1) is 14.6. The molecule has 0 fully saturated rings. The zero-order chi connectivity index (χ0) is 11.7. The lowest BCUT2D eigenvalue weighted by molar-refractivity contribution is 0.176. The van der Waals surface area contributed by atoms with Gasteiger partial charge in [0.05, 0.1) is 6.61 Å². The summed E-state index contributed by atoms with van der Waals surface area (Å²) in [6, 6.07) is 0.243. The molecule has 0 aliphatic rings. The van der Waals surface area contributed by atoms with Crippen LogP contribution in [0.5, 0.6) is 0 Å². The highest BCUT2D eigenvalue weighted by atomic mass is 32.1. The highest BCUT2D eigenvalue weighted by Crippen LogP contribution is 1.92. The van der Waals surface area contributed by atoms with Crippen molar-refractivity contribution in [1.82, 2.24) is 10.2 Å². The Bertz CT molecular complexity index is 179. The van der Waals surface area contributed by atoms with Crippen LogP contribution < -0.4 is 5.32 Å². The molecule has 0 bridgehead atoms. The van der Waals surface area contributed by atoms with E-state index in [1.54, 1.807) is 14.2 Å².